The van der Waals surface area contributed by atoms with Crippen molar-refractivity contribution in [3.63, 3.8) is 0 Å². The second-order valence-corrected chi connectivity index (χ2v) is 9.40. The number of hydrogen-bond donors (Lipinski definition) is 1. The lowest BCUT2D eigenvalue weighted by atomic mass is 9.94. The highest BCUT2D eigenvalue weighted by Crippen LogP contribution is 2.27. The molecule has 0 bridgehead atoms. The molecule has 0 aliphatic heterocycles. The van der Waals surface area contributed by atoms with Crippen LogP contribution in [0.15, 0.2) is 48.5 Å². The molecule has 2 amide bonds. The fourth-order valence-electron chi connectivity index (χ4n) is 4.94. The third-order valence-electron chi connectivity index (χ3n) is 6.84. The van der Waals surface area contributed by atoms with Crippen molar-refractivity contribution >= 4 is 22.8 Å². The van der Waals surface area contributed by atoms with Crippen LogP contribution in [0.3, 0.4) is 0 Å². The van der Waals surface area contributed by atoms with Crippen LogP contribution in [0, 0.1) is 0 Å². The van der Waals surface area contributed by atoms with Gasteiger partial charge in [-0.25, -0.2) is 4.68 Å². The van der Waals surface area contributed by atoms with Crippen LogP contribution in [0.1, 0.15) is 57.1 Å². The van der Waals surface area contributed by atoms with Crippen molar-refractivity contribution in [2.24, 2.45) is 0 Å². The highest BCUT2D eigenvalue weighted by molar-refractivity contribution is 5.89. The molecule has 0 spiro atoms. The molecule has 1 saturated carbocycles. The molecule has 1 aliphatic carbocycles. The Kier molecular flexibility index (Phi) is 9.48. The number of fused-ring (bicyclic) bond motifs is 1. The monoisotopic (exact) mass is 507 g/mol. The molecule has 1 fully saturated rings. The lowest BCUT2D eigenvalue weighted by Crippen LogP contribution is -2.48. The molecule has 37 heavy (non-hydrogen) atoms. The van der Waals surface area contributed by atoms with Crippen LogP contribution in [-0.4, -0.2) is 64.6 Å². The van der Waals surface area contributed by atoms with Gasteiger partial charge in [0.25, 0.3) is 0 Å². The van der Waals surface area contributed by atoms with Gasteiger partial charge in [0.1, 0.15) is 23.9 Å². The van der Waals surface area contributed by atoms with Crippen LogP contribution in [0.25, 0.3) is 11.0 Å². The number of benzene rings is 2. The van der Waals surface area contributed by atoms with Gasteiger partial charge in [0.15, 0.2) is 0 Å². The van der Waals surface area contributed by atoms with Gasteiger partial charge in [-0.3, -0.25) is 9.59 Å². The Morgan fingerprint density at radius 3 is 2.73 bits per heavy atom. The Balaban J connectivity index is 1.65. The highest BCUT2D eigenvalue weighted by atomic mass is 16.5. The first-order valence-electron chi connectivity index (χ1n) is 13.2. The van der Waals surface area contributed by atoms with Crippen molar-refractivity contribution in [3.05, 3.63) is 54.1 Å². The summed E-state index contributed by atoms with van der Waals surface area (Å²) in [6.07, 6.45) is 5.92. The second kappa shape index (κ2) is 13.2. The van der Waals surface area contributed by atoms with E-state index in [1.807, 2.05) is 55.5 Å². The maximum absolute atomic E-state index is 13.9. The molecule has 0 radical (unpaired) electrons. The van der Waals surface area contributed by atoms with Crippen LogP contribution >= 0.6 is 0 Å². The molecule has 3 aromatic rings. The lowest BCUT2D eigenvalue weighted by molar-refractivity contribution is -0.142. The maximum Gasteiger partial charge on any atom is 0.247 e. The smallest absolute Gasteiger partial charge is 0.247 e. The van der Waals surface area contributed by atoms with Crippen molar-refractivity contribution in [2.75, 3.05) is 26.9 Å². The van der Waals surface area contributed by atoms with Crippen LogP contribution in [0.2, 0.25) is 0 Å². The molecule has 4 rings (SSSR count). The Morgan fingerprint density at radius 2 is 1.95 bits per heavy atom. The van der Waals surface area contributed by atoms with E-state index in [2.05, 4.69) is 15.6 Å². The fraction of sp³-hybridized carbons (Fsp3) is 0.500. The maximum atomic E-state index is 13.9. The van der Waals surface area contributed by atoms with E-state index in [9.17, 15) is 9.59 Å². The van der Waals surface area contributed by atoms with Crippen molar-refractivity contribution in [1.82, 2.24) is 25.2 Å². The van der Waals surface area contributed by atoms with Gasteiger partial charge < -0.3 is 19.7 Å². The molecule has 0 saturated heterocycles. The summed E-state index contributed by atoms with van der Waals surface area (Å²) in [5.41, 5.74) is 2.20. The molecular weight excluding hydrogens is 470 g/mol. The zero-order valence-electron chi connectivity index (χ0n) is 21.8. The molecular formula is C28H37N5O4. The van der Waals surface area contributed by atoms with E-state index in [-0.39, 0.29) is 24.4 Å². The first-order valence-corrected chi connectivity index (χ1v) is 13.2. The van der Waals surface area contributed by atoms with Crippen molar-refractivity contribution in [2.45, 2.75) is 64.1 Å². The van der Waals surface area contributed by atoms with E-state index in [1.54, 1.807) is 16.7 Å². The predicted octanol–water partition coefficient (Wildman–Crippen LogP) is 3.89. The van der Waals surface area contributed by atoms with Crippen molar-refractivity contribution in [1.29, 1.82) is 0 Å². The number of nitrogens with one attached hydrogen (secondary N) is 1. The number of nitrogens with zero attached hydrogens (tertiary/aromatic N) is 4. The highest BCUT2D eigenvalue weighted by Gasteiger charge is 2.33. The van der Waals surface area contributed by atoms with E-state index in [1.165, 1.54) is 6.42 Å². The van der Waals surface area contributed by atoms with Gasteiger partial charge in [-0.2, -0.15) is 0 Å². The first-order chi connectivity index (χ1) is 18.1. The van der Waals surface area contributed by atoms with E-state index < -0.39 is 6.04 Å². The second-order valence-electron chi connectivity index (χ2n) is 9.40. The van der Waals surface area contributed by atoms with Crippen LogP contribution < -0.4 is 10.1 Å². The first kappa shape index (κ1) is 26.6. The van der Waals surface area contributed by atoms with E-state index in [0.29, 0.717) is 37.5 Å². The van der Waals surface area contributed by atoms with E-state index in [0.717, 1.165) is 36.7 Å². The summed E-state index contributed by atoms with van der Waals surface area (Å²) in [6, 6.07) is 14.2. The number of hydrogen-bond acceptors (Lipinski definition) is 6. The average molecular weight is 508 g/mol. The largest absolute Gasteiger partial charge is 0.497 e. The number of carbonyl (C=O) groups excluding carboxylic acids is 2. The van der Waals surface area contributed by atoms with Crippen LogP contribution in [-0.2, 0) is 20.9 Å². The molecule has 1 N–H and O–H groups in total. The van der Waals surface area contributed by atoms with E-state index in [4.69, 9.17) is 9.47 Å². The van der Waals surface area contributed by atoms with Gasteiger partial charge in [0, 0.05) is 25.8 Å². The number of amides is 2. The van der Waals surface area contributed by atoms with Crippen molar-refractivity contribution in [3.8, 4) is 5.75 Å². The third-order valence-corrected chi connectivity index (χ3v) is 6.84. The zero-order valence-corrected chi connectivity index (χ0v) is 21.8. The molecule has 1 aliphatic rings. The minimum atomic E-state index is -0.805. The van der Waals surface area contributed by atoms with Crippen LogP contribution in [0.4, 0.5) is 0 Å². The zero-order chi connectivity index (χ0) is 26.0. The van der Waals surface area contributed by atoms with Crippen LogP contribution in [0.5, 0.6) is 5.75 Å². The minimum Gasteiger partial charge on any atom is -0.497 e. The normalized spacial score (nSPS) is 14.9. The average Bonchev–Trinajstić information content (AvgIpc) is 3.33. The summed E-state index contributed by atoms with van der Waals surface area (Å²) >= 11 is 0. The predicted molar refractivity (Wildman–Crippen MR) is 141 cm³/mol. The summed E-state index contributed by atoms with van der Waals surface area (Å²) in [6.45, 7) is 3.38. The van der Waals surface area contributed by atoms with Gasteiger partial charge in [-0.05, 0) is 56.0 Å². The third kappa shape index (κ3) is 6.85. The molecule has 198 valence electrons. The number of carbonyl (C=O) groups is 2. The quantitative estimate of drug-likeness (QED) is 0.374. The molecule has 9 nitrogen and oxygen atoms in total. The Morgan fingerprint density at radius 1 is 1.14 bits per heavy atom. The number of aromatic nitrogens is 3. The Labute approximate surface area is 218 Å². The molecule has 1 unspecified atom stereocenters. The SMILES string of the molecule is CCOCCCN(C(=O)Cn1nnc2ccccc21)C(C(=O)NC1CCCCC1)c1cccc(OC)c1. The molecule has 1 atom stereocenters. The molecule has 2 aromatic carbocycles. The standard InChI is InChI=1S/C28H37N5O4/c1-3-37-18-10-17-32(26(34)20-33-25-16-8-7-15-24(25)30-31-33)27(21-11-9-14-23(19-21)36-2)28(35)29-22-12-5-4-6-13-22/h7-9,11,14-16,19,22,27H,3-6,10,12-13,17-18,20H2,1-2H3,(H,29,35). The lowest BCUT2D eigenvalue weighted by Gasteiger charge is -2.33. The topological polar surface area (TPSA) is 98.6 Å². The van der Waals surface area contributed by atoms with E-state index >= 15 is 0 Å². The van der Waals surface area contributed by atoms with Gasteiger partial charge in [0.05, 0.1) is 12.6 Å². The number of para-hydroxylation sites is 1. The van der Waals surface area contributed by atoms with Gasteiger partial charge in [0.2, 0.25) is 11.8 Å². The summed E-state index contributed by atoms with van der Waals surface area (Å²) in [5.74, 6) is 0.254. The Hall–Kier alpha value is -3.46. The summed E-state index contributed by atoms with van der Waals surface area (Å²) < 4.78 is 12.6. The van der Waals surface area contributed by atoms with Gasteiger partial charge in [-0.1, -0.05) is 48.7 Å². The van der Waals surface area contributed by atoms with Gasteiger partial charge >= 0.3 is 0 Å². The molecule has 1 aromatic heterocycles. The number of rotatable bonds is 12. The molecule has 9 heteroatoms. The van der Waals surface area contributed by atoms with Gasteiger partial charge in [-0.15, -0.1) is 5.10 Å². The summed E-state index contributed by atoms with van der Waals surface area (Å²) in [5, 5.41) is 11.6. The summed E-state index contributed by atoms with van der Waals surface area (Å²) in [7, 11) is 1.59. The molecule has 1 heterocycles. The minimum absolute atomic E-state index is 0.0215. The number of ether oxygens (including phenoxy) is 2. The number of methoxy groups -OCH3 is 1. The summed E-state index contributed by atoms with van der Waals surface area (Å²) in [4.78, 5) is 29.4. The fourth-order valence-corrected chi connectivity index (χ4v) is 4.94. The Bertz CT molecular complexity index is 1170. The van der Waals surface area contributed by atoms with Crippen molar-refractivity contribution < 1.29 is 19.1 Å².